The third-order valence-corrected chi connectivity index (χ3v) is 7.14. The van der Waals surface area contributed by atoms with Crippen LogP contribution in [0.2, 0.25) is 0 Å². The fraction of sp³-hybridized carbons (Fsp3) is 0.292. The Morgan fingerprint density at radius 3 is 2.49 bits per heavy atom. The lowest BCUT2D eigenvalue weighted by molar-refractivity contribution is 0.0859. The molecule has 0 saturated carbocycles. The molecule has 3 heterocycles. The molecule has 5 rings (SSSR count). The maximum absolute atomic E-state index is 13.2. The predicted molar refractivity (Wildman–Crippen MR) is 132 cm³/mol. The van der Waals surface area contributed by atoms with Crippen LogP contribution in [0, 0.1) is 0 Å². The summed E-state index contributed by atoms with van der Waals surface area (Å²) in [5.74, 6) is -0.0369. The SMILES string of the molecule is Nc1c(C(=O)NCC2CCCO2)c2nc3ccccc3nc2n1CCc1ccc(S(N)(=O)=O)cc1. The van der Waals surface area contributed by atoms with E-state index in [4.69, 9.17) is 25.6 Å². The minimum absolute atomic E-state index is 0.000690. The first-order chi connectivity index (χ1) is 16.8. The summed E-state index contributed by atoms with van der Waals surface area (Å²) in [6.45, 7) is 1.53. The first-order valence-corrected chi connectivity index (χ1v) is 12.9. The quantitative estimate of drug-likeness (QED) is 0.355. The molecule has 10 nitrogen and oxygen atoms in total. The molecule has 1 aliphatic heterocycles. The number of nitrogens with one attached hydrogen (secondary N) is 1. The van der Waals surface area contributed by atoms with Gasteiger partial charge in [-0.3, -0.25) is 4.79 Å². The summed E-state index contributed by atoms with van der Waals surface area (Å²) in [5.41, 5.74) is 10.0. The summed E-state index contributed by atoms with van der Waals surface area (Å²) in [5, 5.41) is 8.12. The lowest BCUT2D eigenvalue weighted by atomic mass is 10.1. The molecule has 4 aromatic rings. The van der Waals surface area contributed by atoms with Crippen LogP contribution in [0.5, 0.6) is 0 Å². The Morgan fingerprint density at radius 1 is 1.11 bits per heavy atom. The van der Waals surface area contributed by atoms with E-state index in [0.717, 1.165) is 18.4 Å². The Labute approximate surface area is 202 Å². The topological polar surface area (TPSA) is 155 Å². The van der Waals surface area contributed by atoms with Crippen LogP contribution in [0.15, 0.2) is 53.4 Å². The summed E-state index contributed by atoms with van der Waals surface area (Å²) >= 11 is 0. The number of sulfonamides is 1. The summed E-state index contributed by atoms with van der Waals surface area (Å²) in [6, 6.07) is 13.8. The molecule has 0 bridgehead atoms. The molecule has 1 saturated heterocycles. The van der Waals surface area contributed by atoms with Crippen molar-refractivity contribution in [3.05, 3.63) is 59.7 Å². The first-order valence-electron chi connectivity index (χ1n) is 11.4. The molecule has 11 heteroatoms. The van der Waals surface area contributed by atoms with Crippen LogP contribution in [0.4, 0.5) is 5.82 Å². The standard InChI is InChI=1S/C24H26N6O4S/c25-22-20(24(31)27-14-16-4-3-13-34-16)21-23(29-19-6-2-1-5-18(19)28-21)30(22)12-11-15-7-9-17(10-8-15)35(26,32)33/h1-2,5-10,16H,3-4,11-14,25H2,(H,27,31)(H2,26,32,33). The molecule has 1 atom stereocenters. The average Bonchev–Trinajstić information content (AvgIpc) is 3.45. The van der Waals surface area contributed by atoms with E-state index in [1.54, 1.807) is 16.7 Å². The van der Waals surface area contributed by atoms with E-state index in [-0.39, 0.29) is 22.7 Å². The van der Waals surface area contributed by atoms with E-state index in [1.165, 1.54) is 12.1 Å². The number of rotatable bonds is 7. The van der Waals surface area contributed by atoms with E-state index in [1.807, 2.05) is 24.3 Å². The number of carbonyl (C=O) groups is 1. The van der Waals surface area contributed by atoms with E-state index < -0.39 is 10.0 Å². The number of nitrogens with two attached hydrogens (primary N) is 2. The number of hydrogen-bond donors (Lipinski definition) is 3. The molecule has 2 aromatic carbocycles. The second-order valence-corrected chi connectivity index (χ2v) is 10.1. The minimum Gasteiger partial charge on any atom is -0.384 e. The highest BCUT2D eigenvalue weighted by Gasteiger charge is 2.25. The second kappa shape index (κ2) is 9.25. The molecule has 0 aliphatic carbocycles. The highest BCUT2D eigenvalue weighted by molar-refractivity contribution is 7.89. The third kappa shape index (κ3) is 4.70. The van der Waals surface area contributed by atoms with E-state index in [9.17, 15) is 13.2 Å². The molecule has 1 unspecified atom stereocenters. The van der Waals surface area contributed by atoms with Gasteiger partial charge in [-0.05, 0) is 49.1 Å². The fourth-order valence-corrected chi connectivity index (χ4v) is 4.87. The van der Waals surface area contributed by atoms with Crippen molar-refractivity contribution in [2.24, 2.45) is 5.14 Å². The first kappa shape index (κ1) is 23.2. The molecule has 1 aliphatic rings. The molecular formula is C24H26N6O4S. The number of ether oxygens (including phenoxy) is 1. The lowest BCUT2D eigenvalue weighted by Crippen LogP contribution is -2.32. The highest BCUT2D eigenvalue weighted by Crippen LogP contribution is 2.28. The fourth-order valence-electron chi connectivity index (χ4n) is 4.35. The molecule has 1 fully saturated rings. The van der Waals surface area contributed by atoms with Crippen LogP contribution in [0.1, 0.15) is 28.8 Å². The Bertz CT molecular complexity index is 1510. The number of benzene rings is 2. The van der Waals surface area contributed by atoms with Crippen LogP contribution < -0.4 is 16.2 Å². The zero-order chi connectivity index (χ0) is 24.6. The Morgan fingerprint density at radius 2 is 1.83 bits per heavy atom. The second-order valence-electron chi connectivity index (χ2n) is 8.58. The maximum atomic E-state index is 13.2. The number of anilines is 1. The number of nitrogen functional groups attached to an aromatic ring is 1. The molecule has 0 radical (unpaired) electrons. The van der Waals surface area contributed by atoms with Crippen molar-refractivity contribution in [2.75, 3.05) is 18.9 Å². The van der Waals surface area contributed by atoms with E-state index >= 15 is 0 Å². The average molecular weight is 495 g/mol. The minimum atomic E-state index is -3.76. The van der Waals surface area contributed by atoms with Crippen molar-refractivity contribution in [1.82, 2.24) is 19.9 Å². The zero-order valence-electron chi connectivity index (χ0n) is 19.0. The Kier molecular flexibility index (Phi) is 6.13. The molecule has 1 amide bonds. The number of para-hydroxylation sites is 2. The smallest absolute Gasteiger partial charge is 0.257 e. The van der Waals surface area contributed by atoms with Crippen molar-refractivity contribution >= 4 is 43.9 Å². The van der Waals surface area contributed by atoms with Crippen LogP contribution in [0.25, 0.3) is 22.2 Å². The van der Waals surface area contributed by atoms with Crippen molar-refractivity contribution in [3.8, 4) is 0 Å². The number of aromatic nitrogens is 3. The molecule has 35 heavy (non-hydrogen) atoms. The summed E-state index contributed by atoms with van der Waals surface area (Å²) in [4.78, 5) is 22.7. The van der Waals surface area contributed by atoms with Crippen molar-refractivity contribution in [1.29, 1.82) is 0 Å². The lowest BCUT2D eigenvalue weighted by Gasteiger charge is -2.11. The van der Waals surface area contributed by atoms with Crippen molar-refractivity contribution in [2.45, 2.75) is 36.8 Å². The van der Waals surface area contributed by atoms with Crippen molar-refractivity contribution < 1.29 is 17.9 Å². The van der Waals surface area contributed by atoms with Crippen LogP contribution in [0.3, 0.4) is 0 Å². The van der Waals surface area contributed by atoms with Gasteiger partial charge in [0.05, 0.1) is 22.0 Å². The number of hydrogen-bond acceptors (Lipinski definition) is 7. The summed E-state index contributed by atoms with van der Waals surface area (Å²) < 4.78 is 30.4. The third-order valence-electron chi connectivity index (χ3n) is 6.21. The van der Waals surface area contributed by atoms with E-state index in [0.29, 0.717) is 53.9 Å². The highest BCUT2D eigenvalue weighted by atomic mass is 32.2. The number of nitrogens with zero attached hydrogens (tertiary/aromatic N) is 3. The predicted octanol–water partition coefficient (Wildman–Crippen LogP) is 1.97. The molecule has 182 valence electrons. The van der Waals surface area contributed by atoms with E-state index in [2.05, 4.69) is 5.32 Å². The summed E-state index contributed by atoms with van der Waals surface area (Å²) in [7, 11) is -3.76. The monoisotopic (exact) mass is 494 g/mol. The number of primary sulfonamides is 1. The largest absolute Gasteiger partial charge is 0.384 e. The zero-order valence-corrected chi connectivity index (χ0v) is 19.8. The number of carbonyl (C=O) groups excluding carboxylic acids is 1. The van der Waals surface area contributed by atoms with Gasteiger partial charge >= 0.3 is 0 Å². The van der Waals surface area contributed by atoms with Crippen LogP contribution >= 0.6 is 0 Å². The summed E-state index contributed by atoms with van der Waals surface area (Å²) in [6.07, 6.45) is 2.43. The number of fused-ring (bicyclic) bond motifs is 2. The molecule has 0 spiro atoms. The Hall–Kier alpha value is -3.54. The van der Waals surface area contributed by atoms with Gasteiger partial charge in [-0.1, -0.05) is 24.3 Å². The van der Waals surface area contributed by atoms with Gasteiger partial charge in [0, 0.05) is 19.7 Å². The van der Waals surface area contributed by atoms with Crippen molar-refractivity contribution in [3.63, 3.8) is 0 Å². The van der Waals surface area contributed by atoms with Crippen LogP contribution in [-0.4, -0.2) is 48.1 Å². The molecule has 2 aromatic heterocycles. The van der Waals surface area contributed by atoms with Gasteiger partial charge in [-0.25, -0.2) is 23.5 Å². The van der Waals surface area contributed by atoms with Gasteiger partial charge < -0.3 is 20.4 Å². The van der Waals surface area contributed by atoms with Gasteiger partial charge in [-0.15, -0.1) is 0 Å². The number of aryl methyl sites for hydroxylation is 2. The van der Waals surface area contributed by atoms with Gasteiger partial charge in [0.2, 0.25) is 10.0 Å². The van der Waals surface area contributed by atoms with Gasteiger partial charge in [0.1, 0.15) is 16.9 Å². The number of amides is 1. The molecule has 5 N–H and O–H groups in total. The van der Waals surface area contributed by atoms with Gasteiger partial charge in [-0.2, -0.15) is 0 Å². The van der Waals surface area contributed by atoms with Crippen LogP contribution in [-0.2, 0) is 27.7 Å². The van der Waals surface area contributed by atoms with Gasteiger partial charge in [0.25, 0.3) is 5.91 Å². The Balaban J connectivity index is 1.49. The van der Waals surface area contributed by atoms with Gasteiger partial charge in [0.15, 0.2) is 5.65 Å². The normalized spacial score (nSPS) is 16.2. The molecular weight excluding hydrogens is 468 g/mol. The maximum Gasteiger partial charge on any atom is 0.257 e.